The van der Waals surface area contributed by atoms with Crippen LogP contribution in [0.1, 0.15) is 13.8 Å². The molecule has 29 heavy (non-hydrogen) atoms. The molecule has 0 aliphatic carbocycles. The molecule has 2 amide bonds. The minimum Gasteiger partial charge on any atom is -0.326 e. The van der Waals surface area contributed by atoms with Crippen LogP contribution in [0.25, 0.3) is 11.4 Å². The summed E-state index contributed by atoms with van der Waals surface area (Å²) in [6, 6.07) is 15.1. The highest BCUT2D eigenvalue weighted by Gasteiger charge is 2.15. The van der Waals surface area contributed by atoms with E-state index in [1.807, 2.05) is 60.0 Å². The number of hydrogen-bond acceptors (Lipinski definition) is 5. The van der Waals surface area contributed by atoms with Crippen molar-refractivity contribution in [2.75, 3.05) is 16.4 Å². The molecule has 0 saturated carbocycles. The molecule has 3 rings (SSSR count). The van der Waals surface area contributed by atoms with Crippen LogP contribution in [0, 0.1) is 3.57 Å². The molecule has 2 aromatic carbocycles. The molecule has 0 aliphatic heterocycles. The Morgan fingerprint density at radius 3 is 2.62 bits per heavy atom. The number of amides is 2. The van der Waals surface area contributed by atoms with Gasteiger partial charge in [-0.05, 0) is 53.8 Å². The average Bonchev–Trinajstić information content (AvgIpc) is 3.11. The number of nitrogens with one attached hydrogen (secondary N) is 2. The van der Waals surface area contributed by atoms with Gasteiger partial charge in [0.2, 0.25) is 11.8 Å². The van der Waals surface area contributed by atoms with Gasteiger partial charge in [0, 0.05) is 28.3 Å². The predicted molar refractivity (Wildman–Crippen MR) is 124 cm³/mol. The van der Waals surface area contributed by atoms with E-state index < -0.39 is 0 Å². The van der Waals surface area contributed by atoms with Gasteiger partial charge in [-0.25, -0.2) is 0 Å². The zero-order valence-corrected chi connectivity index (χ0v) is 19.0. The first kappa shape index (κ1) is 21.3. The quantitative estimate of drug-likeness (QED) is 0.359. The fraction of sp³-hybridized carbons (Fsp3) is 0.200. The number of aromatic nitrogens is 3. The van der Waals surface area contributed by atoms with Crippen molar-refractivity contribution in [3.63, 3.8) is 0 Å². The minimum absolute atomic E-state index is 0.0982. The third kappa shape index (κ3) is 5.57. The molecule has 0 saturated heterocycles. The lowest BCUT2D eigenvalue weighted by Gasteiger charge is -2.09. The lowest BCUT2D eigenvalue weighted by Crippen LogP contribution is -2.15. The number of rotatable bonds is 7. The summed E-state index contributed by atoms with van der Waals surface area (Å²) in [4.78, 5) is 23.6. The van der Waals surface area contributed by atoms with Crippen LogP contribution in [0.5, 0.6) is 0 Å². The zero-order chi connectivity index (χ0) is 20.8. The van der Waals surface area contributed by atoms with E-state index in [9.17, 15) is 9.59 Å². The van der Waals surface area contributed by atoms with Crippen molar-refractivity contribution in [3.8, 4) is 11.4 Å². The fourth-order valence-corrected chi connectivity index (χ4v) is 4.04. The van der Waals surface area contributed by atoms with Crippen LogP contribution in [-0.4, -0.2) is 32.3 Å². The van der Waals surface area contributed by atoms with Crippen molar-refractivity contribution in [1.82, 2.24) is 14.8 Å². The van der Waals surface area contributed by atoms with Gasteiger partial charge in [-0.2, -0.15) is 0 Å². The topological polar surface area (TPSA) is 88.9 Å². The van der Waals surface area contributed by atoms with E-state index in [4.69, 9.17) is 0 Å². The van der Waals surface area contributed by atoms with Crippen molar-refractivity contribution in [1.29, 1.82) is 0 Å². The number of nitrogens with zero attached hydrogens (tertiary/aromatic N) is 3. The van der Waals surface area contributed by atoms with Gasteiger partial charge in [-0.3, -0.25) is 9.59 Å². The highest BCUT2D eigenvalue weighted by molar-refractivity contribution is 14.1. The maximum Gasteiger partial charge on any atom is 0.234 e. The monoisotopic (exact) mass is 521 g/mol. The summed E-state index contributed by atoms with van der Waals surface area (Å²) in [6.45, 7) is 4.13. The van der Waals surface area contributed by atoms with Gasteiger partial charge < -0.3 is 15.2 Å². The number of benzene rings is 2. The van der Waals surface area contributed by atoms with Crippen LogP contribution in [0.2, 0.25) is 0 Å². The Morgan fingerprint density at radius 1 is 1.10 bits per heavy atom. The van der Waals surface area contributed by atoms with E-state index in [2.05, 4.69) is 43.4 Å². The molecule has 0 aliphatic rings. The highest BCUT2D eigenvalue weighted by Crippen LogP contribution is 2.26. The lowest BCUT2D eigenvalue weighted by atomic mass is 10.2. The molecule has 150 valence electrons. The third-order valence-electron chi connectivity index (χ3n) is 3.95. The van der Waals surface area contributed by atoms with Crippen LogP contribution < -0.4 is 10.6 Å². The predicted octanol–water partition coefficient (Wildman–Crippen LogP) is 4.26. The number of carbonyl (C=O) groups is 2. The zero-order valence-electron chi connectivity index (χ0n) is 16.0. The van der Waals surface area contributed by atoms with Gasteiger partial charge in [0.1, 0.15) is 0 Å². The van der Waals surface area contributed by atoms with E-state index in [1.165, 1.54) is 18.7 Å². The van der Waals surface area contributed by atoms with Crippen LogP contribution >= 0.6 is 34.4 Å². The smallest absolute Gasteiger partial charge is 0.234 e. The molecule has 2 N–H and O–H groups in total. The summed E-state index contributed by atoms with van der Waals surface area (Å²) in [5, 5.41) is 14.9. The van der Waals surface area contributed by atoms with Crippen molar-refractivity contribution in [2.45, 2.75) is 25.5 Å². The molecule has 0 radical (unpaired) electrons. The summed E-state index contributed by atoms with van der Waals surface area (Å²) in [6.07, 6.45) is 0. The molecule has 0 unspecified atom stereocenters. The molecule has 1 heterocycles. The molecular weight excluding hydrogens is 501 g/mol. The second-order valence-electron chi connectivity index (χ2n) is 6.13. The molecule has 0 fully saturated rings. The molecule has 1 aromatic heterocycles. The van der Waals surface area contributed by atoms with Crippen LogP contribution in [-0.2, 0) is 16.1 Å². The second-order valence-corrected chi connectivity index (χ2v) is 8.23. The number of para-hydroxylation sites is 1. The van der Waals surface area contributed by atoms with Crippen LogP contribution in [0.4, 0.5) is 11.4 Å². The molecular formula is C20H20IN5O2S. The fourth-order valence-electron chi connectivity index (χ4n) is 2.71. The van der Waals surface area contributed by atoms with Gasteiger partial charge in [-0.15, -0.1) is 10.2 Å². The lowest BCUT2D eigenvalue weighted by molar-refractivity contribution is -0.114. The first-order valence-electron chi connectivity index (χ1n) is 8.96. The number of carbonyl (C=O) groups excluding carboxylic acids is 2. The van der Waals surface area contributed by atoms with Crippen molar-refractivity contribution in [2.24, 2.45) is 0 Å². The van der Waals surface area contributed by atoms with Crippen molar-refractivity contribution < 1.29 is 9.59 Å². The van der Waals surface area contributed by atoms with Crippen LogP contribution in [0.3, 0.4) is 0 Å². The summed E-state index contributed by atoms with van der Waals surface area (Å²) in [7, 11) is 0. The van der Waals surface area contributed by atoms with E-state index >= 15 is 0 Å². The Kier molecular flexibility index (Phi) is 7.26. The van der Waals surface area contributed by atoms with Gasteiger partial charge >= 0.3 is 0 Å². The van der Waals surface area contributed by atoms with Crippen molar-refractivity contribution in [3.05, 3.63) is 52.1 Å². The number of anilines is 2. The number of halogens is 1. The van der Waals surface area contributed by atoms with E-state index in [0.717, 1.165) is 14.8 Å². The van der Waals surface area contributed by atoms with Gasteiger partial charge in [-0.1, -0.05) is 36.0 Å². The molecule has 9 heteroatoms. The molecule has 3 aromatic rings. The largest absolute Gasteiger partial charge is 0.326 e. The SMILES string of the molecule is CCn1c(SCC(=O)Nc2ccccc2I)nnc1-c1cccc(NC(C)=O)c1. The highest BCUT2D eigenvalue weighted by atomic mass is 127. The Morgan fingerprint density at radius 2 is 1.90 bits per heavy atom. The van der Waals surface area contributed by atoms with Crippen molar-refractivity contribution >= 4 is 57.5 Å². The Labute approximate surface area is 186 Å². The van der Waals surface area contributed by atoms with E-state index in [1.54, 1.807) is 0 Å². The Balaban J connectivity index is 1.72. The van der Waals surface area contributed by atoms with Crippen LogP contribution in [0.15, 0.2) is 53.7 Å². The third-order valence-corrected chi connectivity index (χ3v) is 5.86. The number of thioether (sulfide) groups is 1. The average molecular weight is 521 g/mol. The first-order valence-corrected chi connectivity index (χ1v) is 11.0. The van der Waals surface area contributed by atoms with E-state index in [-0.39, 0.29) is 17.6 Å². The maximum absolute atomic E-state index is 12.3. The minimum atomic E-state index is -0.130. The standard InChI is InChI=1S/C20H20IN5O2S/c1-3-26-19(14-7-6-8-15(11-14)22-13(2)27)24-25-20(26)29-12-18(28)23-17-10-5-4-9-16(17)21/h4-11H,3,12H2,1-2H3,(H,22,27)(H,23,28). The molecule has 7 nitrogen and oxygen atoms in total. The maximum atomic E-state index is 12.3. The van der Waals surface area contributed by atoms with Gasteiger partial charge in [0.05, 0.1) is 11.4 Å². The summed E-state index contributed by atoms with van der Waals surface area (Å²) >= 11 is 3.53. The normalized spacial score (nSPS) is 10.6. The molecule has 0 spiro atoms. The Bertz CT molecular complexity index is 1040. The van der Waals surface area contributed by atoms with Gasteiger partial charge in [0.25, 0.3) is 0 Å². The Hall–Kier alpha value is -2.40. The number of hydrogen-bond donors (Lipinski definition) is 2. The molecule has 0 atom stereocenters. The molecule has 0 bridgehead atoms. The summed E-state index contributed by atoms with van der Waals surface area (Å²) < 4.78 is 2.94. The second kappa shape index (κ2) is 9.88. The first-order chi connectivity index (χ1) is 14.0. The summed E-state index contributed by atoms with van der Waals surface area (Å²) in [5.74, 6) is 0.698. The van der Waals surface area contributed by atoms with E-state index in [0.29, 0.717) is 23.2 Å². The summed E-state index contributed by atoms with van der Waals surface area (Å²) in [5.41, 5.74) is 2.35. The van der Waals surface area contributed by atoms with Gasteiger partial charge in [0.15, 0.2) is 11.0 Å².